The van der Waals surface area contributed by atoms with E-state index in [1.807, 2.05) is 24.6 Å². The van der Waals surface area contributed by atoms with E-state index in [4.69, 9.17) is 5.11 Å². The zero-order chi connectivity index (χ0) is 14.2. The van der Waals surface area contributed by atoms with Crippen LogP contribution in [0.4, 0.5) is 0 Å². The summed E-state index contributed by atoms with van der Waals surface area (Å²) < 4.78 is 2.70. The molecule has 1 aliphatic carbocycles. The van der Waals surface area contributed by atoms with Crippen molar-refractivity contribution in [3.63, 3.8) is 0 Å². The smallest absolute Gasteiger partial charge is 0.311 e. The van der Waals surface area contributed by atoms with E-state index in [0.717, 1.165) is 4.47 Å². The molecule has 1 saturated carbocycles. The third kappa shape index (κ3) is 2.83. The number of rotatable bonds is 5. The highest BCUT2D eigenvalue weighted by Crippen LogP contribution is 2.45. The lowest BCUT2D eigenvalue weighted by Gasteiger charge is -2.14. The number of aromatic nitrogens is 1. The van der Waals surface area contributed by atoms with Gasteiger partial charge < -0.3 is 15.0 Å². The average molecular weight is 329 g/mol. The molecule has 104 valence electrons. The molecule has 2 N–H and O–H groups in total. The Morgan fingerprint density at radius 3 is 2.63 bits per heavy atom. The summed E-state index contributed by atoms with van der Waals surface area (Å²) in [5, 5.41) is 11.8. The minimum atomic E-state index is -0.826. The quantitative estimate of drug-likeness (QED) is 0.871. The summed E-state index contributed by atoms with van der Waals surface area (Å²) in [6.45, 7) is 4.17. The minimum Gasteiger partial charge on any atom is -0.481 e. The maximum atomic E-state index is 12.1. The van der Waals surface area contributed by atoms with Crippen LogP contribution in [-0.4, -0.2) is 28.1 Å². The molecule has 2 rings (SSSR count). The van der Waals surface area contributed by atoms with Crippen LogP contribution in [-0.2, 0) is 4.79 Å². The van der Waals surface area contributed by atoms with Crippen molar-refractivity contribution >= 4 is 27.8 Å². The second-order valence-corrected chi connectivity index (χ2v) is 6.23. The van der Waals surface area contributed by atoms with Crippen LogP contribution >= 0.6 is 15.9 Å². The van der Waals surface area contributed by atoms with Gasteiger partial charge in [-0.25, -0.2) is 0 Å². The fourth-order valence-corrected chi connectivity index (χ4v) is 2.45. The van der Waals surface area contributed by atoms with Gasteiger partial charge in [-0.1, -0.05) is 0 Å². The van der Waals surface area contributed by atoms with Crippen LogP contribution in [0.25, 0.3) is 0 Å². The van der Waals surface area contributed by atoms with E-state index >= 15 is 0 Å². The fraction of sp³-hybridized carbons (Fsp3) is 0.538. The summed E-state index contributed by atoms with van der Waals surface area (Å²) in [4.78, 5) is 23.2. The van der Waals surface area contributed by atoms with E-state index in [1.54, 1.807) is 6.07 Å². The van der Waals surface area contributed by atoms with E-state index in [9.17, 15) is 9.59 Å². The summed E-state index contributed by atoms with van der Waals surface area (Å²) in [5.74, 6) is -1.06. The van der Waals surface area contributed by atoms with Crippen molar-refractivity contribution in [2.45, 2.75) is 32.7 Å². The molecule has 0 spiro atoms. The van der Waals surface area contributed by atoms with Gasteiger partial charge in [-0.3, -0.25) is 9.59 Å². The molecule has 0 bridgehead atoms. The average Bonchev–Trinajstić information content (AvgIpc) is 3.02. The molecule has 0 aromatic carbocycles. The number of carboxylic acids is 1. The van der Waals surface area contributed by atoms with E-state index in [2.05, 4.69) is 21.2 Å². The van der Waals surface area contributed by atoms with Gasteiger partial charge in [-0.2, -0.15) is 0 Å². The van der Waals surface area contributed by atoms with Crippen LogP contribution in [0.1, 0.15) is 43.2 Å². The first-order chi connectivity index (χ1) is 8.85. The van der Waals surface area contributed by atoms with Crippen molar-refractivity contribution in [2.75, 3.05) is 6.54 Å². The topological polar surface area (TPSA) is 71.3 Å². The zero-order valence-electron chi connectivity index (χ0n) is 10.9. The van der Waals surface area contributed by atoms with Crippen LogP contribution in [0, 0.1) is 5.41 Å². The number of nitrogens with one attached hydrogen (secondary N) is 1. The lowest BCUT2D eigenvalue weighted by atomic mass is 10.1. The monoisotopic (exact) mass is 328 g/mol. The summed E-state index contributed by atoms with van der Waals surface area (Å²) in [6, 6.07) is 1.91. The Bertz CT molecular complexity index is 518. The molecular formula is C13H17BrN2O3. The van der Waals surface area contributed by atoms with Gasteiger partial charge in [0.25, 0.3) is 5.91 Å². The second kappa shape index (κ2) is 5.00. The van der Waals surface area contributed by atoms with Crippen LogP contribution < -0.4 is 5.32 Å². The van der Waals surface area contributed by atoms with E-state index in [-0.39, 0.29) is 18.5 Å². The molecule has 0 aliphatic heterocycles. The fourth-order valence-electron chi connectivity index (χ4n) is 2.01. The molecular weight excluding hydrogens is 312 g/mol. The maximum Gasteiger partial charge on any atom is 0.311 e. The summed E-state index contributed by atoms with van der Waals surface area (Å²) in [6.07, 6.45) is 3.12. The standard InChI is InChI=1S/C13H17BrN2O3/c1-8(2)16-6-9(14)5-10(16)11(17)15-7-13(3-4-13)12(18)19/h5-6,8H,3-4,7H2,1-2H3,(H,15,17)(H,18,19). The van der Waals surface area contributed by atoms with Crippen LogP contribution in [0.3, 0.4) is 0 Å². The first-order valence-electron chi connectivity index (χ1n) is 6.25. The first kappa shape index (κ1) is 14.1. The van der Waals surface area contributed by atoms with Gasteiger partial charge in [0.1, 0.15) is 5.69 Å². The lowest BCUT2D eigenvalue weighted by Crippen LogP contribution is -2.35. The zero-order valence-corrected chi connectivity index (χ0v) is 12.5. The highest BCUT2D eigenvalue weighted by atomic mass is 79.9. The second-order valence-electron chi connectivity index (χ2n) is 5.31. The Morgan fingerprint density at radius 2 is 2.16 bits per heavy atom. The van der Waals surface area contributed by atoms with Crippen molar-refractivity contribution < 1.29 is 14.7 Å². The predicted molar refractivity (Wildman–Crippen MR) is 74.2 cm³/mol. The predicted octanol–water partition coefficient (Wildman–Crippen LogP) is 2.43. The van der Waals surface area contributed by atoms with Gasteiger partial charge in [-0.05, 0) is 48.7 Å². The number of hydrogen-bond acceptors (Lipinski definition) is 2. The number of amides is 1. The molecule has 5 nitrogen and oxygen atoms in total. The Hall–Kier alpha value is -1.30. The Kier molecular flexibility index (Phi) is 3.71. The normalized spacial score (nSPS) is 16.4. The number of carboxylic acid groups (broad SMARTS) is 1. The molecule has 0 saturated heterocycles. The minimum absolute atomic E-state index is 0.168. The van der Waals surface area contributed by atoms with Crippen LogP contribution in [0.5, 0.6) is 0 Å². The van der Waals surface area contributed by atoms with E-state index in [1.165, 1.54) is 0 Å². The molecule has 19 heavy (non-hydrogen) atoms. The Labute approximate surface area is 120 Å². The number of carbonyl (C=O) groups is 2. The van der Waals surface area contributed by atoms with Crippen molar-refractivity contribution in [1.29, 1.82) is 0 Å². The largest absolute Gasteiger partial charge is 0.481 e. The van der Waals surface area contributed by atoms with Gasteiger partial charge in [-0.15, -0.1) is 0 Å². The van der Waals surface area contributed by atoms with Gasteiger partial charge in [0, 0.05) is 23.3 Å². The molecule has 1 aromatic heterocycles. The molecule has 1 fully saturated rings. The van der Waals surface area contributed by atoms with Crippen molar-refractivity contribution in [3.05, 3.63) is 22.4 Å². The summed E-state index contributed by atoms with van der Waals surface area (Å²) in [5.41, 5.74) is -0.189. The van der Waals surface area contributed by atoms with Crippen molar-refractivity contribution in [1.82, 2.24) is 9.88 Å². The van der Waals surface area contributed by atoms with Crippen LogP contribution in [0.15, 0.2) is 16.7 Å². The van der Waals surface area contributed by atoms with Gasteiger partial charge in [0.05, 0.1) is 5.41 Å². The van der Waals surface area contributed by atoms with E-state index < -0.39 is 11.4 Å². The number of carbonyl (C=O) groups excluding carboxylic acids is 1. The lowest BCUT2D eigenvalue weighted by molar-refractivity contribution is -0.143. The maximum absolute atomic E-state index is 12.1. The SMILES string of the molecule is CC(C)n1cc(Br)cc1C(=O)NCC1(C(=O)O)CC1. The van der Waals surface area contributed by atoms with Crippen molar-refractivity contribution in [3.8, 4) is 0 Å². The third-order valence-electron chi connectivity index (χ3n) is 3.50. The molecule has 1 amide bonds. The van der Waals surface area contributed by atoms with Crippen LogP contribution in [0.2, 0.25) is 0 Å². The number of aliphatic carboxylic acids is 1. The van der Waals surface area contributed by atoms with Gasteiger partial charge >= 0.3 is 5.97 Å². The first-order valence-corrected chi connectivity index (χ1v) is 7.04. The number of nitrogens with zero attached hydrogens (tertiary/aromatic N) is 1. The van der Waals surface area contributed by atoms with Gasteiger partial charge in [0.2, 0.25) is 0 Å². The summed E-state index contributed by atoms with van der Waals surface area (Å²) >= 11 is 3.35. The summed E-state index contributed by atoms with van der Waals surface area (Å²) in [7, 11) is 0. The Morgan fingerprint density at radius 1 is 1.53 bits per heavy atom. The van der Waals surface area contributed by atoms with Crippen molar-refractivity contribution in [2.24, 2.45) is 5.41 Å². The number of halogens is 1. The molecule has 1 heterocycles. The molecule has 0 atom stereocenters. The molecule has 0 unspecified atom stereocenters. The molecule has 0 radical (unpaired) electrons. The van der Waals surface area contributed by atoms with Gasteiger partial charge in [0.15, 0.2) is 0 Å². The molecule has 6 heteroatoms. The van der Waals surface area contributed by atoms with E-state index in [0.29, 0.717) is 18.5 Å². The highest BCUT2D eigenvalue weighted by molar-refractivity contribution is 9.10. The highest BCUT2D eigenvalue weighted by Gasteiger charge is 2.50. The molecule has 1 aromatic rings. The third-order valence-corrected chi connectivity index (χ3v) is 3.93. The molecule has 1 aliphatic rings. The number of hydrogen-bond donors (Lipinski definition) is 2. The Balaban J connectivity index is 2.06.